The lowest BCUT2D eigenvalue weighted by molar-refractivity contribution is -0.285. The van der Waals surface area contributed by atoms with E-state index < -0.39 is 99.0 Å². The number of aromatic nitrogens is 2. The Balaban J connectivity index is 1.14. The number of nitrogens with one attached hydrogen (secondary N) is 3. The van der Waals surface area contributed by atoms with Gasteiger partial charge in [0.1, 0.15) is 35.2 Å². The smallest absolute Gasteiger partial charge is 0.430 e. The fourth-order valence-corrected chi connectivity index (χ4v) is 11.3. The number of hydrogen-bond donors (Lipinski definition) is 3. The minimum Gasteiger partial charge on any atom is -0.491 e. The molecule has 4 fully saturated rings. The standard InChI is InChI=1S/C48H59F3N6O10S2/c1-28(2)65-33-13-11-31(12-14-33)36-20-34(21-37(53-36)39-24-52-27-68-39)66-35-22-38-41(58)55-47(43(60)56-69(62,63)45(5)16-17-45)23-32(47)10-7-6-9-29(3)19-30(4)40(42(59)57(38)25-35)54-44(61)67-46(48(49,50)51)15-8-18-64-26-46/h7,10-14,20-21,24,27-30,32,35,38,40H,6,8-9,15-19,22-23,25-26H2,1-5H3,(H,54,61)(H,55,58)(H,56,60)/b10-7-/t29-,30+,32-,35+,38-,40?,46?,47+/m0/s1. The Bertz CT molecular complexity index is 2530. The second-order valence-corrected chi connectivity index (χ2v) is 22.8. The summed E-state index contributed by atoms with van der Waals surface area (Å²) in [5.74, 6) is -2.78. The van der Waals surface area contributed by atoms with Gasteiger partial charge in [0.25, 0.3) is 5.91 Å². The van der Waals surface area contributed by atoms with Gasteiger partial charge in [-0.3, -0.25) is 24.1 Å². The fraction of sp³-hybridized carbons (Fsp3) is 0.583. The van der Waals surface area contributed by atoms with Crippen molar-refractivity contribution in [2.45, 2.75) is 139 Å². The Kier molecular flexibility index (Phi) is 14.2. The molecule has 4 amide bonds. The zero-order valence-corrected chi connectivity index (χ0v) is 40.8. The molecule has 2 saturated heterocycles. The molecule has 8 atom stereocenters. The van der Waals surface area contributed by atoms with Crippen molar-refractivity contribution in [3.63, 3.8) is 0 Å². The summed E-state index contributed by atoms with van der Waals surface area (Å²) in [6.45, 7) is 7.96. The van der Waals surface area contributed by atoms with Crippen LogP contribution in [0.3, 0.4) is 0 Å². The van der Waals surface area contributed by atoms with Gasteiger partial charge < -0.3 is 34.5 Å². The quantitative estimate of drug-likeness (QED) is 0.165. The average Bonchev–Trinajstić information content (AvgIpc) is 4.04. The number of carbonyl (C=O) groups is 4. The molecule has 1 aromatic carbocycles. The fourth-order valence-electron chi connectivity index (χ4n) is 9.42. The molecule has 2 aromatic heterocycles. The normalized spacial score (nSPS) is 29.8. The van der Waals surface area contributed by atoms with E-state index in [0.717, 1.165) is 10.4 Å². The molecule has 2 aliphatic carbocycles. The molecule has 21 heteroatoms. The molecule has 2 unspecified atom stereocenters. The zero-order valence-electron chi connectivity index (χ0n) is 39.2. The van der Waals surface area contributed by atoms with Crippen molar-refractivity contribution in [3.8, 4) is 33.3 Å². The van der Waals surface area contributed by atoms with E-state index in [2.05, 4.69) is 20.3 Å². The van der Waals surface area contributed by atoms with Gasteiger partial charge in [0, 0.05) is 49.3 Å². The van der Waals surface area contributed by atoms with E-state index >= 15 is 4.79 Å². The molecule has 2 saturated carbocycles. The monoisotopic (exact) mass is 1000 g/mol. The van der Waals surface area contributed by atoms with Crippen LogP contribution in [0, 0.1) is 17.8 Å². The van der Waals surface area contributed by atoms with E-state index in [9.17, 15) is 36.0 Å². The van der Waals surface area contributed by atoms with Crippen LogP contribution in [0.2, 0.25) is 0 Å². The number of sulfonamides is 1. The summed E-state index contributed by atoms with van der Waals surface area (Å²) in [5.41, 5.74) is -1.14. The Morgan fingerprint density at radius 3 is 2.43 bits per heavy atom. The van der Waals surface area contributed by atoms with Gasteiger partial charge >= 0.3 is 12.3 Å². The number of halogens is 3. The summed E-state index contributed by atoms with van der Waals surface area (Å²) in [6, 6.07) is 7.96. The maximum atomic E-state index is 15.2. The summed E-state index contributed by atoms with van der Waals surface area (Å²) >= 11 is 1.36. The van der Waals surface area contributed by atoms with Gasteiger partial charge in [0.05, 0.1) is 45.8 Å². The van der Waals surface area contributed by atoms with Gasteiger partial charge in [-0.25, -0.2) is 18.2 Å². The zero-order chi connectivity index (χ0) is 49.5. The highest BCUT2D eigenvalue weighted by molar-refractivity contribution is 7.91. The van der Waals surface area contributed by atoms with Crippen molar-refractivity contribution < 1.29 is 59.7 Å². The molecule has 16 nitrogen and oxygen atoms in total. The third kappa shape index (κ3) is 10.9. The molecule has 5 aliphatic rings. The lowest BCUT2D eigenvalue weighted by atomic mass is 9.88. The van der Waals surface area contributed by atoms with Crippen LogP contribution in [0.4, 0.5) is 18.0 Å². The van der Waals surface area contributed by atoms with E-state index in [1.165, 1.54) is 16.2 Å². The predicted molar refractivity (Wildman–Crippen MR) is 248 cm³/mol. The number of alkyl carbamates (subject to hydrolysis) is 1. The summed E-state index contributed by atoms with van der Waals surface area (Å²) in [6.07, 6.45) is -0.440. The van der Waals surface area contributed by atoms with Crippen LogP contribution in [-0.4, -0.2) is 113 Å². The first-order valence-electron chi connectivity index (χ1n) is 23.5. The number of ether oxygens (including phenoxy) is 4. The molecule has 69 heavy (non-hydrogen) atoms. The largest absolute Gasteiger partial charge is 0.491 e. The molecule has 0 spiro atoms. The number of alkyl halides is 3. The molecule has 0 radical (unpaired) electrons. The SMILES string of the molecule is CC(C)Oc1ccc(-c2cc(O[C@@H]3C[C@H]4C(=O)N[C@]5(C(=O)NS(=O)(=O)C6(C)CC6)C[C@@H]5/C=C\CC[C@H](C)C[C@@H](C)C(NC(=O)OC5(C(F)(F)F)CCCOC5)C(=O)N4C3)cc(-c3cncs3)n2)cc1. The third-order valence-corrected chi connectivity index (χ3v) is 16.8. The van der Waals surface area contributed by atoms with Gasteiger partial charge in [-0.1, -0.05) is 26.0 Å². The van der Waals surface area contributed by atoms with E-state index in [4.69, 9.17) is 23.9 Å². The van der Waals surface area contributed by atoms with Crippen molar-refractivity contribution in [2.24, 2.45) is 17.8 Å². The molecule has 374 valence electrons. The van der Waals surface area contributed by atoms with Gasteiger partial charge in [0.2, 0.25) is 27.4 Å². The van der Waals surface area contributed by atoms with Crippen LogP contribution < -0.4 is 24.8 Å². The summed E-state index contributed by atoms with van der Waals surface area (Å²) in [4.78, 5) is 68.9. The van der Waals surface area contributed by atoms with Crippen molar-refractivity contribution >= 4 is 45.2 Å². The van der Waals surface area contributed by atoms with Crippen molar-refractivity contribution in [2.75, 3.05) is 19.8 Å². The number of benzene rings is 1. The first-order valence-corrected chi connectivity index (χ1v) is 25.8. The van der Waals surface area contributed by atoms with Crippen LogP contribution >= 0.6 is 11.3 Å². The first-order chi connectivity index (χ1) is 32.6. The van der Waals surface area contributed by atoms with E-state index in [0.29, 0.717) is 55.0 Å². The van der Waals surface area contributed by atoms with Gasteiger partial charge in [-0.2, -0.15) is 13.2 Å². The molecular weight excluding hydrogens is 942 g/mol. The maximum Gasteiger partial charge on any atom is 0.430 e. The van der Waals surface area contributed by atoms with Crippen LogP contribution in [0.15, 0.2) is 60.3 Å². The number of pyridine rings is 1. The number of hydrogen-bond acceptors (Lipinski definition) is 13. The minimum atomic E-state index is -4.98. The number of rotatable bonds is 11. The Hall–Kier alpha value is -5.28. The number of fused-ring (bicyclic) bond motifs is 2. The van der Waals surface area contributed by atoms with E-state index in [1.54, 1.807) is 43.8 Å². The van der Waals surface area contributed by atoms with Gasteiger partial charge in [-0.15, -0.1) is 11.3 Å². The second kappa shape index (κ2) is 19.5. The topological polar surface area (TPSA) is 204 Å². The van der Waals surface area contributed by atoms with Crippen LogP contribution in [0.1, 0.15) is 92.4 Å². The molecule has 3 aliphatic heterocycles. The second-order valence-electron chi connectivity index (χ2n) is 19.8. The number of amides is 4. The maximum absolute atomic E-state index is 15.2. The third-order valence-electron chi connectivity index (χ3n) is 13.8. The van der Waals surface area contributed by atoms with Crippen LogP contribution in [-0.2, 0) is 33.9 Å². The highest BCUT2D eigenvalue weighted by Gasteiger charge is 2.63. The molecule has 8 rings (SSSR count). The highest BCUT2D eigenvalue weighted by Crippen LogP contribution is 2.48. The van der Waals surface area contributed by atoms with Crippen molar-refractivity contribution in [1.82, 2.24) is 30.2 Å². The van der Waals surface area contributed by atoms with Gasteiger partial charge in [0.15, 0.2) is 0 Å². The molecule has 3 N–H and O–H groups in total. The summed E-state index contributed by atoms with van der Waals surface area (Å²) < 4.78 is 94.3. The van der Waals surface area contributed by atoms with Crippen LogP contribution in [0.5, 0.6) is 11.5 Å². The summed E-state index contributed by atoms with van der Waals surface area (Å²) in [5, 5.41) is 5.31. The van der Waals surface area contributed by atoms with E-state index in [1.807, 2.05) is 51.1 Å². The number of allylic oxidation sites excluding steroid dienone is 1. The molecule has 5 heterocycles. The molecule has 0 bridgehead atoms. The van der Waals surface area contributed by atoms with Crippen molar-refractivity contribution in [1.29, 1.82) is 0 Å². The average molecular weight is 1000 g/mol. The Labute approximate surface area is 403 Å². The predicted octanol–water partition coefficient (Wildman–Crippen LogP) is 7.10. The lowest BCUT2D eigenvalue weighted by Gasteiger charge is -2.38. The Morgan fingerprint density at radius 1 is 1.04 bits per heavy atom. The Morgan fingerprint density at radius 2 is 1.78 bits per heavy atom. The first kappa shape index (κ1) is 50.1. The number of nitrogens with zero attached hydrogens (tertiary/aromatic N) is 3. The van der Waals surface area contributed by atoms with Crippen molar-refractivity contribution in [3.05, 3.63) is 60.3 Å². The van der Waals surface area contributed by atoms with Crippen LogP contribution in [0.25, 0.3) is 21.8 Å². The molecular formula is C48H59F3N6O10S2. The number of thiazole rings is 1. The summed E-state index contributed by atoms with van der Waals surface area (Å²) in [7, 11) is -4.11. The highest BCUT2D eigenvalue weighted by atomic mass is 32.2. The van der Waals surface area contributed by atoms with E-state index in [-0.39, 0.29) is 44.4 Å². The van der Waals surface area contributed by atoms with Gasteiger partial charge in [-0.05, 0) is 102 Å². The number of carbonyl (C=O) groups excluding carboxylic acids is 4. The molecule has 3 aromatic rings. The minimum absolute atomic E-state index is 0.0146. The lowest BCUT2D eigenvalue weighted by Crippen LogP contribution is -2.60.